The highest BCUT2D eigenvalue weighted by atomic mass is 32.1. The molecule has 0 atom stereocenters. The van der Waals surface area contributed by atoms with Gasteiger partial charge < -0.3 is 10.7 Å². The summed E-state index contributed by atoms with van der Waals surface area (Å²) >= 11 is 5.05. The summed E-state index contributed by atoms with van der Waals surface area (Å²) in [4.78, 5) is 2.99. The van der Waals surface area contributed by atoms with Gasteiger partial charge in [0.1, 0.15) is 10.5 Å². The van der Waals surface area contributed by atoms with Crippen molar-refractivity contribution in [2.75, 3.05) is 5.73 Å². The number of rotatable bonds is 0. The molecule has 2 nitrogen and oxygen atoms in total. The van der Waals surface area contributed by atoms with Crippen molar-refractivity contribution in [3.05, 3.63) is 21.8 Å². The van der Waals surface area contributed by atoms with E-state index >= 15 is 0 Å². The van der Waals surface area contributed by atoms with E-state index in [2.05, 4.69) is 4.98 Å². The van der Waals surface area contributed by atoms with E-state index in [1.54, 1.807) is 0 Å². The van der Waals surface area contributed by atoms with Gasteiger partial charge in [-0.2, -0.15) is 0 Å². The molecule has 0 radical (unpaired) electrons. The van der Waals surface area contributed by atoms with Gasteiger partial charge in [0.05, 0.1) is 0 Å². The van der Waals surface area contributed by atoms with Crippen LogP contribution in [0.25, 0.3) is 0 Å². The Labute approximate surface area is 76.8 Å². The molecule has 0 aromatic carbocycles. The van der Waals surface area contributed by atoms with Crippen LogP contribution in [-0.2, 0) is 12.8 Å². The molecule has 12 heavy (non-hydrogen) atoms. The van der Waals surface area contributed by atoms with E-state index in [-0.39, 0.29) is 0 Å². The van der Waals surface area contributed by atoms with Gasteiger partial charge in [0.2, 0.25) is 0 Å². The number of aryl methyl sites for hydroxylation is 1. The Balaban J connectivity index is 2.60. The molecule has 1 aliphatic rings. The van der Waals surface area contributed by atoms with Gasteiger partial charge in [-0.05, 0) is 42.9 Å². The Kier molecular flexibility index (Phi) is 1.89. The van der Waals surface area contributed by atoms with Crippen LogP contribution < -0.4 is 5.73 Å². The Morgan fingerprint density at radius 1 is 1.33 bits per heavy atom. The van der Waals surface area contributed by atoms with E-state index in [4.69, 9.17) is 18.0 Å². The molecule has 0 bridgehead atoms. The fourth-order valence-corrected chi connectivity index (χ4v) is 2.05. The van der Waals surface area contributed by atoms with Crippen molar-refractivity contribution in [1.82, 2.24) is 4.98 Å². The molecule has 0 spiro atoms. The molecule has 0 saturated heterocycles. The third kappa shape index (κ3) is 1.25. The number of aromatic nitrogens is 1. The quantitative estimate of drug-likeness (QED) is 0.601. The third-order valence-corrected chi connectivity index (χ3v) is 2.62. The molecule has 0 unspecified atom stereocenters. The number of nitrogens with one attached hydrogen (secondary N) is 1. The molecule has 0 fully saturated rings. The molecule has 64 valence electrons. The third-order valence-electron chi connectivity index (χ3n) is 2.40. The summed E-state index contributed by atoms with van der Waals surface area (Å²) in [5.74, 6) is 0.775. The topological polar surface area (TPSA) is 41.8 Å². The van der Waals surface area contributed by atoms with Crippen molar-refractivity contribution in [2.45, 2.75) is 25.7 Å². The van der Waals surface area contributed by atoms with Crippen LogP contribution in [0.5, 0.6) is 0 Å². The minimum atomic E-state index is 0.758. The summed E-state index contributed by atoms with van der Waals surface area (Å²) in [5, 5.41) is 0. The van der Waals surface area contributed by atoms with Crippen molar-refractivity contribution in [1.29, 1.82) is 0 Å². The minimum absolute atomic E-state index is 0.758. The predicted molar refractivity (Wildman–Crippen MR) is 52.7 cm³/mol. The average molecular weight is 180 g/mol. The first-order chi connectivity index (χ1) is 5.77. The lowest BCUT2D eigenvalue weighted by Gasteiger charge is -2.16. The highest BCUT2D eigenvalue weighted by molar-refractivity contribution is 7.71. The van der Waals surface area contributed by atoms with E-state index < -0.39 is 0 Å². The summed E-state index contributed by atoms with van der Waals surface area (Å²) in [6.45, 7) is 0. The zero-order chi connectivity index (χ0) is 8.55. The first-order valence-electron chi connectivity index (χ1n) is 4.28. The van der Waals surface area contributed by atoms with Gasteiger partial charge in [-0.1, -0.05) is 12.2 Å². The van der Waals surface area contributed by atoms with Gasteiger partial charge in [0.25, 0.3) is 0 Å². The lowest BCUT2D eigenvalue weighted by atomic mass is 9.93. The molecule has 2 rings (SSSR count). The summed E-state index contributed by atoms with van der Waals surface area (Å²) in [6, 6.07) is 2.04. The van der Waals surface area contributed by atoms with Crippen molar-refractivity contribution in [2.24, 2.45) is 0 Å². The molecule has 1 aliphatic carbocycles. The summed E-state index contributed by atoms with van der Waals surface area (Å²) in [5.41, 5.74) is 8.46. The van der Waals surface area contributed by atoms with Crippen LogP contribution in [0.3, 0.4) is 0 Å². The number of aromatic amines is 1. The molecule has 0 aliphatic heterocycles. The predicted octanol–water partition coefficient (Wildman–Crippen LogP) is 2.21. The zero-order valence-corrected chi connectivity index (χ0v) is 7.71. The van der Waals surface area contributed by atoms with Gasteiger partial charge in [0.15, 0.2) is 0 Å². The number of H-pyrrole nitrogens is 1. The van der Waals surface area contributed by atoms with Crippen LogP contribution in [-0.4, -0.2) is 4.98 Å². The molecular formula is C9H12N2S. The molecule has 0 amide bonds. The van der Waals surface area contributed by atoms with Crippen molar-refractivity contribution >= 4 is 18.0 Å². The van der Waals surface area contributed by atoms with Crippen LogP contribution in [0.1, 0.15) is 24.0 Å². The number of hydrogen-bond donors (Lipinski definition) is 2. The lowest BCUT2D eigenvalue weighted by Crippen LogP contribution is -2.07. The summed E-state index contributed by atoms with van der Waals surface area (Å²) < 4.78 is 0.758. The number of pyridine rings is 1. The van der Waals surface area contributed by atoms with Crippen LogP contribution >= 0.6 is 12.2 Å². The number of nitrogens with two attached hydrogens (primary N) is 1. The highest BCUT2D eigenvalue weighted by Crippen LogP contribution is 2.24. The maximum atomic E-state index is 5.82. The van der Waals surface area contributed by atoms with Crippen molar-refractivity contribution in [3.8, 4) is 0 Å². The van der Waals surface area contributed by atoms with Gasteiger partial charge in [-0.25, -0.2) is 0 Å². The molecule has 1 heterocycles. The van der Waals surface area contributed by atoms with Crippen LogP contribution in [0.2, 0.25) is 0 Å². The number of hydrogen-bond acceptors (Lipinski definition) is 2. The zero-order valence-electron chi connectivity index (χ0n) is 6.89. The lowest BCUT2D eigenvalue weighted by molar-refractivity contribution is 0.684. The molecule has 1 aromatic heterocycles. The second kappa shape index (κ2) is 2.90. The number of fused-ring (bicyclic) bond motifs is 1. The van der Waals surface area contributed by atoms with E-state index in [1.807, 2.05) is 6.07 Å². The summed E-state index contributed by atoms with van der Waals surface area (Å²) in [7, 11) is 0. The first kappa shape index (κ1) is 7.80. The van der Waals surface area contributed by atoms with E-state index in [9.17, 15) is 0 Å². The second-order valence-electron chi connectivity index (χ2n) is 3.26. The molecule has 3 N–H and O–H groups in total. The summed E-state index contributed by atoms with van der Waals surface area (Å²) in [6.07, 6.45) is 4.76. The maximum absolute atomic E-state index is 5.82. The number of anilines is 1. The van der Waals surface area contributed by atoms with E-state index in [1.165, 1.54) is 24.0 Å². The van der Waals surface area contributed by atoms with Crippen molar-refractivity contribution < 1.29 is 0 Å². The first-order valence-corrected chi connectivity index (χ1v) is 4.69. The molecule has 0 saturated carbocycles. The standard InChI is InChI=1S/C9H12N2S/c10-9-7-4-2-1-3-6(7)5-8(12)11-9/h5H,1-4H2,(H3,10,11,12). The van der Waals surface area contributed by atoms with Gasteiger partial charge in [0, 0.05) is 0 Å². The van der Waals surface area contributed by atoms with Gasteiger partial charge in [-0.3, -0.25) is 0 Å². The Morgan fingerprint density at radius 2 is 2.08 bits per heavy atom. The van der Waals surface area contributed by atoms with Crippen LogP contribution in [0.4, 0.5) is 5.82 Å². The average Bonchev–Trinajstić information content (AvgIpc) is 2.04. The van der Waals surface area contributed by atoms with E-state index in [0.29, 0.717) is 0 Å². The number of nitrogen functional groups attached to an aromatic ring is 1. The minimum Gasteiger partial charge on any atom is -0.385 e. The molecule has 3 heteroatoms. The normalized spacial score (nSPS) is 15.7. The van der Waals surface area contributed by atoms with Gasteiger partial charge in [-0.15, -0.1) is 0 Å². The SMILES string of the molecule is Nc1[nH]c(=S)cc2c1CCCC2. The highest BCUT2D eigenvalue weighted by Gasteiger charge is 2.11. The van der Waals surface area contributed by atoms with Gasteiger partial charge >= 0.3 is 0 Å². The maximum Gasteiger partial charge on any atom is 0.105 e. The van der Waals surface area contributed by atoms with Crippen LogP contribution in [0, 0.1) is 4.64 Å². The van der Waals surface area contributed by atoms with E-state index in [0.717, 1.165) is 23.3 Å². The Morgan fingerprint density at radius 3 is 2.92 bits per heavy atom. The largest absolute Gasteiger partial charge is 0.385 e. The fraction of sp³-hybridized carbons (Fsp3) is 0.444. The van der Waals surface area contributed by atoms with Crippen molar-refractivity contribution in [3.63, 3.8) is 0 Å². The fourth-order valence-electron chi connectivity index (χ4n) is 1.80. The Hall–Kier alpha value is -0.830. The second-order valence-corrected chi connectivity index (χ2v) is 3.70. The smallest absolute Gasteiger partial charge is 0.105 e. The van der Waals surface area contributed by atoms with Crippen LogP contribution in [0.15, 0.2) is 6.07 Å². The Bertz CT molecular complexity index is 354. The molecular weight excluding hydrogens is 168 g/mol. The molecule has 1 aromatic rings. The monoisotopic (exact) mass is 180 g/mol.